The molecule has 83 heavy (non-hydrogen) atoms. The zero-order valence-electron chi connectivity index (χ0n) is 55.0. The Morgan fingerprint density at radius 2 is 0.663 bits per heavy atom. The molecular weight excluding hydrogens is 1050 g/mol. The van der Waals surface area contributed by atoms with E-state index in [0.29, 0.717) is 6.42 Å². The van der Waals surface area contributed by atoms with Crippen molar-refractivity contribution in [3.05, 3.63) is 48.6 Å². The Kier molecular flexibility index (Phi) is 67.4. The Morgan fingerprint density at radius 3 is 0.988 bits per heavy atom. The minimum atomic E-state index is -4.39. The Labute approximate surface area is 515 Å². The molecule has 9 nitrogen and oxygen atoms in total. The molecule has 3 N–H and O–H groups in total. The molecule has 2 atom stereocenters. The number of allylic oxidation sites excluding steroid dienone is 8. The number of hydrogen-bond acceptors (Lipinski definition) is 8. The monoisotopic (exact) mass is 1190 g/mol. The van der Waals surface area contributed by atoms with E-state index < -0.39 is 26.5 Å². The lowest BCUT2D eigenvalue weighted by Crippen LogP contribution is -2.29. The minimum Gasteiger partial charge on any atom is -0.462 e. The third-order valence-electron chi connectivity index (χ3n) is 16.2. The van der Waals surface area contributed by atoms with E-state index in [2.05, 4.69) is 62.5 Å². The van der Waals surface area contributed by atoms with Crippen LogP contribution in [0.2, 0.25) is 0 Å². The van der Waals surface area contributed by atoms with Gasteiger partial charge in [-0.25, -0.2) is 4.57 Å². The van der Waals surface area contributed by atoms with E-state index in [-0.39, 0.29) is 38.6 Å². The number of phosphoric ester groups is 1. The number of ether oxygens (including phenoxy) is 2. The van der Waals surface area contributed by atoms with Crippen LogP contribution in [0.15, 0.2) is 48.6 Å². The van der Waals surface area contributed by atoms with Gasteiger partial charge in [0.25, 0.3) is 0 Å². The van der Waals surface area contributed by atoms with E-state index >= 15 is 0 Å². The van der Waals surface area contributed by atoms with Gasteiger partial charge < -0.3 is 20.1 Å². The first-order chi connectivity index (χ1) is 40.8. The van der Waals surface area contributed by atoms with Crippen LogP contribution in [-0.4, -0.2) is 49.3 Å². The highest BCUT2D eigenvalue weighted by molar-refractivity contribution is 7.47. The highest BCUT2D eigenvalue weighted by Gasteiger charge is 2.26. The van der Waals surface area contributed by atoms with Crippen molar-refractivity contribution in [1.29, 1.82) is 0 Å². The van der Waals surface area contributed by atoms with E-state index in [0.717, 1.165) is 64.2 Å². The first-order valence-electron chi connectivity index (χ1n) is 36.1. The molecule has 0 aliphatic rings. The molecule has 0 aromatic carbocycles. The number of esters is 2. The third-order valence-corrected chi connectivity index (χ3v) is 17.2. The van der Waals surface area contributed by atoms with Gasteiger partial charge in [0.1, 0.15) is 6.61 Å². The third kappa shape index (κ3) is 68.9. The average molecular weight is 1190 g/mol. The van der Waals surface area contributed by atoms with Crippen molar-refractivity contribution in [3.8, 4) is 0 Å². The van der Waals surface area contributed by atoms with Crippen LogP contribution in [-0.2, 0) is 32.7 Å². The largest absolute Gasteiger partial charge is 0.472 e. The van der Waals surface area contributed by atoms with Crippen LogP contribution in [0.5, 0.6) is 0 Å². The number of hydrogen-bond donors (Lipinski definition) is 2. The molecule has 0 radical (unpaired) electrons. The summed E-state index contributed by atoms with van der Waals surface area (Å²) >= 11 is 0. The van der Waals surface area contributed by atoms with Crippen molar-refractivity contribution in [2.75, 3.05) is 26.4 Å². The fraction of sp³-hybridized carbons (Fsp3) is 0.863. The summed E-state index contributed by atoms with van der Waals surface area (Å²) in [7, 11) is -4.39. The van der Waals surface area contributed by atoms with Crippen molar-refractivity contribution in [2.45, 2.75) is 380 Å². The van der Waals surface area contributed by atoms with E-state index in [9.17, 15) is 19.0 Å². The summed E-state index contributed by atoms with van der Waals surface area (Å²) in [6.07, 6.45) is 88.0. The maximum Gasteiger partial charge on any atom is 0.472 e. The van der Waals surface area contributed by atoms with E-state index in [4.69, 9.17) is 24.3 Å². The second kappa shape index (κ2) is 69.1. The fourth-order valence-electron chi connectivity index (χ4n) is 10.9. The molecule has 0 rings (SSSR count). The average Bonchev–Trinajstić information content (AvgIpc) is 3.49. The summed E-state index contributed by atoms with van der Waals surface area (Å²) in [4.78, 5) is 35.4. The maximum atomic E-state index is 12.8. The molecule has 0 spiro atoms. The number of phosphoric acid groups is 1. The van der Waals surface area contributed by atoms with Gasteiger partial charge in [0.15, 0.2) is 6.10 Å². The van der Waals surface area contributed by atoms with Crippen molar-refractivity contribution < 1.29 is 37.6 Å². The topological polar surface area (TPSA) is 134 Å². The van der Waals surface area contributed by atoms with Gasteiger partial charge in [0.2, 0.25) is 0 Å². The van der Waals surface area contributed by atoms with Gasteiger partial charge >= 0.3 is 19.8 Å². The lowest BCUT2D eigenvalue weighted by molar-refractivity contribution is -0.161. The van der Waals surface area contributed by atoms with Crippen LogP contribution in [0.4, 0.5) is 0 Å². The Hall–Kier alpha value is -2.03. The molecule has 2 unspecified atom stereocenters. The van der Waals surface area contributed by atoms with Gasteiger partial charge in [-0.05, 0) is 51.4 Å². The Morgan fingerprint density at radius 1 is 0.373 bits per heavy atom. The van der Waals surface area contributed by atoms with Crippen LogP contribution in [0, 0.1) is 0 Å². The molecule has 0 heterocycles. The summed E-state index contributed by atoms with van der Waals surface area (Å²) in [5.41, 5.74) is 5.40. The normalized spacial score (nSPS) is 13.2. The minimum absolute atomic E-state index is 0.0539. The predicted octanol–water partition coefficient (Wildman–Crippen LogP) is 23.6. The van der Waals surface area contributed by atoms with Crippen molar-refractivity contribution in [3.63, 3.8) is 0 Å². The summed E-state index contributed by atoms with van der Waals surface area (Å²) in [6, 6.07) is 0. The summed E-state index contributed by atoms with van der Waals surface area (Å²) in [6.45, 7) is 3.70. The van der Waals surface area contributed by atoms with Gasteiger partial charge in [-0.3, -0.25) is 18.6 Å². The van der Waals surface area contributed by atoms with Crippen molar-refractivity contribution in [2.24, 2.45) is 5.73 Å². The molecule has 10 heteroatoms. The molecular formula is C73H138NO8P. The van der Waals surface area contributed by atoms with Crippen LogP contribution in [0.3, 0.4) is 0 Å². The number of nitrogens with two attached hydrogens (primary N) is 1. The number of rotatable bonds is 69. The smallest absolute Gasteiger partial charge is 0.462 e. The molecule has 0 aromatic heterocycles. The highest BCUT2D eigenvalue weighted by atomic mass is 31.2. The van der Waals surface area contributed by atoms with Gasteiger partial charge in [0.05, 0.1) is 13.2 Å². The molecule has 0 aliphatic heterocycles. The molecule has 0 bridgehead atoms. The van der Waals surface area contributed by atoms with Gasteiger partial charge in [-0.1, -0.05) is 358 Å². The van der Waals surface area contributed by atoms with E-state index in [1.807, 2.05) is 0 Å². The van der Waals surface area contributed by atoms with E-state index in [1.54, 1.807) is 0 Å². The lowest BCUT2D eigenvalue weighted by Gasteiger charge is -2.19. The fourth-order valence-corrected chi connectivity index (χ4v) is 11.7. The molecule has 0 saturated heterocycles. The second-order valence-corrected chi connectivity index (χ2v) is 25.9. The molecule has 0 saturated carbocycles. The summed E-state index contributed by atoms with van der Waals surface area (Å²) in [5.74, 6) is -0.812. The molecule has 0 aliphatic carbocycles. The maximum absolute atomic E-state index is 12.8. The first kappa shape index (κ1) is 81.0. The lowest BCUT2D eigenvalue weighted by atomic mass is 10.0. The zero-order valence-corrected chi connectivity index (χ0v) is 55.8. The number of carbonyl (C=O) groups is 2. The van der Waals surface area contributed by atoms with Gasteiger partial charge in [0, 0.05) is 19.4 Å². The molecule has 488 valence electrons. The highest BCUT2D eigenvalue weighted by Crippen LogP contribution is 2.43. The summed E-state index contributed by atoms with van der Waals surface area (Å²) in [5, 5.41) is 0. The van der Waals surface area contributed by atoms with E-state index in [1.165, 1.54) is 276 Å². The first-order valence-corrected chi connectivity index (χ1v) is 37.6. The SMILES string of the molecule is CC/C=C\C/C=C\C/C=C\C/C=C\CCCCCCCCCCCCCCC(=O)OC(COC(=O)CCCCCCCCCCCCCCCCCCCCCCCCCCCCCCCCCCCCCCC)COP(=O)(O)OCCN. The quantitative estimate of drug-likeness (QED) is 0.0264. The predicted molar refractivity (Wildman–Crippen MR) is 358 cm³/mol. The van der Waals surface area contributed by atoms with Gasteiger partial charge in [-0.15, -0.1) is 0 Å². The van der Waals surface area contributed by atoms with Crippen molar-refractivity contribution >= 4 is 19.8 Å². The Bertz CT molecular complexity index is 1500. The molecule has 0 amide bonds. The zero-order chi connectivity index (χ0) is 60.1. The second-order valence-electron chi connectivity index (χ2n) is 24.4. The number of carbonyl (C=O) groups excluding carboxylic acids is 2. The van der Waals surface area contributed by atoms with Crippen LogP contribution < -0.4 is 5.73 Å². The van der Waals surface area contributed by atoms with Crippen molar-refractivity contribution in [1.82, 2.24) is 0 Å². The number of unbranched alkanes of at least 4 members (excludes halogenated alkanes) is 48. The van der Waals surface area contributed by atoms with Crippen LogP contribution in [0.25, 0.3) is 0 Å². The molecule has 0 aromatic rings. The van der Waals surface area contributed by atoms with Gasteiger partial charge in [-0.2, -0.15) is 0 Å². The standard InChI is InChI=1S/C73H138NO8P/c1-3-5-7-9-11-13-15-17-19-21-23-25-27-29-30-31-32-33-34-35-36-37-38-39-40-42-43-45-47-49-51-53-55-57-59-61-63-65-72(75)79-69-71(70-81-83(77,78)80-68-67-74)82-73(76)66-64-62-60-58-56-54-52-50-48-46-44-41-28-26-24-22-20-18-16-14-12-10-8-6-4-2/h6,8,12,14,18,20,24,26,71H,3-5,7,9-11,13,15-17,19,21-23,25,27-70,74H2,1-2H3,(H,77,78)/b8-6-,14-12-,20-18-,26-24-. The van der Waals surface area contributed by atoms with Crippen LogP contribution >= 0.6 is 7.82 Å². The summed E-state index contributed by atoms with van der Waals surface area (Å²) < 4.78 is 33.2. The molecule has 0 fully saturated rings. The van der Waals surface area contributed by atoms with Crippen LogP contribution in [0.1, 0.15) is 373 Å². The Balaban J connectivity index is 3.77.